The molecule has 17 heavy (non-hydrogen) atoms. The number of hydrogen-bond acceptors (Lipinski definition) is 4. The van der Waals surface area contributed by atoms with E-state index in [0.29, 0.717) is 6.54 Å². The molecule has 0 unspecified atom stereocenters. The minimum absolute atomic E-state index is 0.0880. The van der Waals surface area contributed by atoms with Crippen LogP contribution in [0.5, 0.6) is 0 Å². The SMILES string of the molecule is CCC(C)(CC)NCc1ccoc1C(=O)OC. The molecule has 4 nitrogen and oxygen atoms in total. The second kappa shape index (κ2) is 5.87. The topological polar surface area (TPSA) is 51.5 Å². The lowest BCUT2D eigenvalue weighted by molar-refractivity contribution is 0.0563. The Hall–Kier alpha value is -1.29. The summed E-state index contributed by atoms with van der Waals surface area (Å²) in [6, 6.07) is 1.80. The zero-order valence-electron chi connectivity index (χ0n) is 11.0. The molecular formula is C13H21NO3. The van der Waals surface area contributed by atoms with Crippen molar-refractivity contribution >= 4 is 5.97 Å². The van der Waals surface area contributed by atoms with Crippen molar-refractivity contribution in [2.75, 3.05) is 7.11 Å². The number of ether oxygens (including phenoxy) is 1. The summed E-state index contributed by atoms with van der Waals surface area (Å²) in [6.45, 7) is 7.07. The van der Waals surface area contributed by atoms with Gasteiger partial charge in [0.05, 0.1) is 13.4 Å². The average molecular weight is 239 g/mol. The molecule has 0 aliphatic rings. The van der Waals surface area contributed by atoms with Crippen LogP contribution in [0.15, 0.2) is 16.7 Å². The van der Waals surface area contributed by atoms with Crippen LogP contribution in [0, 0.1) is 0 Å². The molecule has 1 aromatic rings. The molecule has 1 heterocycles. The van der Waals surface area contributed by atoms with Crippen molar-refractivity contribution in [3.05, 3.63) is 23.7 Å². The lowest BCUT2D eigenvalue weighted by atomic mass is 9.95. The molecule has 0 atom stereocenters. The maximum Gasteiger partial charge on any atom is 0.374 e. The number of esters is 1. The molecule has 0 bridgehead atoms. The fraction of sp³-hybridized carbons (Fsp3) is 0.615. The van der Waals surface area contributed by atoms with Gasteiger partial charge in [-0.3, -0.25) is 0 Å². The van der Waals surface area contributed by atoms with Crippen molar-refractivity contribution in [3.8, 4) is 0 Å². The average Bonchev–Trinajstić information content (AvgIpc) is 2.83. The summed E-state index contributed by atoms with van der Waals surface area (Å²) < 4.78 is 9.79. The van der Waals surface area contributed by atoms with E-state index >= 15 is 0 Å². The molecule has 1 rings (SSSR count). The van der Waals surface area contributed by atoms with Gasteiger partial charge in [0.1, 0.15) is 0 Å². The van der Waals surface area contributed by atoms with Crippen LogP contribution in [0.4, 0.5) is 0 Å². The highest BCUT2D eigenvalue weighted by Gasteiger charge is 2.21. The van der Waals surface area contributed by atoms with Gasteiger partial charge in [-0.05, 0) is 25.8 Å². The number of carbonyl (C=O) groups is 1. The summed E-state index contributed by atoms with van der Waals surface area (Å²) in [5.74, 6) is -0.143. The molecule has 0 aliphatic carbocycles. The first-order valence-electron chi connectivity index (χ1n) is 5.96. The lowest BCUT2D eigenvalue weighted by Crippen LogP contribution is -2.40. The third-order valence-electron chi connectivity index (χ3n) is 3.38. The molecule has 0 spiro atoms. The molecule has 0 amide bonds. The van der Waals surface area contributed by atoms with E-state index in [4.69, 9.17) is 4.42 Å². The second-order valence-electron chi connectivity index (χ2n) is 4.39. The fourth-order valence-corrected chi connectivity index (χ4v) is 1.56. The molecule has 1 aromatic heterocycles. The first-order valence-corrected chi connectivity index (χ1v) is 5.96. The number of rotatable bonds is 6. The Kier molecular flexibility index (Phi) is 4.75. The Morgan fingerprint density at radius 3 is 2.65 bits per heavy atom. The molecule has 0 saturated carbocycles. The van der Waals surface area contributed by atoms with E-state index in [-0.39, 0.29) is 11.3 Å². The van der Waals surface area contributed by atoms with E-state index in [1.807, 2.05) is 0 Å². The fourth-order valence-electron chi connectivity index (χ4n) is 1.56. The third-order valence-corrected chi connectivity index (χ3v) is 3.38. The quantitative estimate of drug-likeness (QED) is 0.775. The van der Waals surface area contributed by atoms with Gasteiger partial charge >= 0.3 is 5.97 Å². The van der Waals surface area contributed by atoms with Crippen LogP contribution >= 0.6 is 0 Å². The van der Waals surface area contributed by atoms with Gasteiger partial charge in [0, 0.05) is 17.6 Å². The number of nitrogens with one attached hydrogen (secondary N) is 1. The predicted octanol–water partition coefficient (Wildman–Crippen LogP) is 2.73. The van der Waals surface area contributed by atoms with Crippen molar-refractivity contribution in [1.29, 1.82) is 0 Å². The Bertz CT molecular complexity index is 366. The van der Waals surface area contributed by atoms with Gasteiger partial charge in [0.2, 0.25) is 5.76 Å². The molecule has 4 heteroatoms. The number of hydrogen-bond donors (Lipinski definition) is 1. The highest BCUT2D eigenvalue weighted by atomic mass is 16.5. The van der Waals surface area contributed by atoms with Crippen molar-refractivity contribution in [3.63, 3.8) is 0 Å². The van der Waals surface area contributed by atoms with Crippen LogP contribution in [0.1, 0.15) is 49.7 Å². The van der Waals surface area contributed by atoms with E-state index in [1.165, 1.54) is 13.4 Å². The van der Waals surface area contributed by atoms with E-state index in [9.17, 15) is 4.79 Å². The maximum absolute atomic E-state index is 11.4. The van der Waals surface area contributed by atoms with Crippen LogP contribution < -0.4 is 5.32 Å². The Balaban J connectivity index is 2.70. The predicted molar refractivity (Wildman–Crippen MR) is 65.9 cm³/mol. The van der Waals surface area contributed by atoms with Crippen molar-refractivity contribution in [1.82, 2.24) is 5.32 Å². The number of furan rings is 1. The van der Waals surface area contributed by atoms with E-state index < -0.39 is 5.97 Å². The number of methoxy groups -OCH3 is 1. The Morgan fingerprint density at radius 2 is 2.12 bits per heavy atom. The second-order valence-corrected chi connectivity index (χ2v) is 4.39. The molecule has 0 fully saturated rings. The third kappa shape index (κ3) is 3.33. The maximum atomic E-state index is 11.4. The molecule has 0 aliphatic heterocycles. The molecule has 1 N–H and O–H groups in total. The van der Waals surface area contributed by atoms with Gasteiger partial charge in [0.15, 0.2) is 0 Å². The summed E-state index contributed by atoms with van der Waals surface area (Å²) in [5, 5.41) is 3.45. The van der Waals surface area contributed by atoms with Gasteiger partial charge in [-0.15, -0.1) is 0 Å². The van der Waals surface area contributed by atoms with Crippen LogP contribution in [0.2, 0.25) is 0 Å². The number of carbonyl (C=O) groups excluding carboxylic acids is 1. The zero-order chi connectivity index (χ0) is 12.9. The van der Waals surface area contributed by atoms with Crippen LogP contribution in [-0.2, 0) is 11.3 Å². The van der Waals surface area contributed by atoms with Gasteiger partial charge in [-0.2, -0.15) is 0 Å². The lowest BCUT2D eigenvalue weighted by Gasteiger charge is -2.28. The van der Waals surface area contributed by atoms with Crippen LogP contribution in [0.25, 0.3) is 0 Å². The van der Waals surface area contributed by atoms with Crippen molar-refractivity contribution < 1.29 is 13.9 Å². The molecule has 0 saturated heterocycles. The van der Waals surface area contributed by atoms with E-state index in [2.05, 4.69) is 30.8 Å². The molecule has 0 radical (unpaired) electrons. The van der Waals surface area contributed by atoms with Gasteiger partial charge in [-0.25, -0.2) is 4.79 Å². The largest absolute Gasteiger partial charge is 0.463 e. The van der Waals surface area contributed by atoms with Crippen molar-refractivity contribution in [2.24, 2.45) is 0 Å². The summed E-state index contributed by atoms with van der Waals surface area (Å²) in [6.07, 6.45) is 3.59. The van der Waals surface area contributed by atoms with E-state index in [1.54, 1.807) is 6.07 Å². The smallest absolute Gasteiger partial charge is 0.374 e. The summed E-state index contributed by atoms with van der Waals surface area (Å²) in [4.78, 5) is 11.4. The first-order chi connectivity index (χ1) is 8.06. The standard InChI is InChI=1S/C13H21NO3/c1-5-13(3,6-2)14-9-10-7-8-17-11(10)12(15)16-4/h7-8,14H,5-6,9H2,1-4H3. The molecule has 0 aromatic carbocycles. The summed E-state index contributed by atoms with van der Waals surface area (Å²) in [7, 11) is 1.35. The highest BCUT2D eigenvalue weighted by Crippen LogP contribution is 2.17. The van der Waals surface area contributed by atoms with Gasteiger partial charge in [0.25, 0.3) is 0 Å². The zero-order valence-corrected chi connectivity index (χ0v) is 11.0. The highest BCUT2D eigenvalue weighted by molar-refractivity contribution is 5.87. The minimum Gasteiger partial charge on any atom is -0.463 e. The molecule has 96 valence electrons. The van der Waals surface area contributed by atoms with Crippen LogP contribution in [0.3, 0.4) is 0 Å². The Morgan fingerprint density at radius 1 is 1.47 bits per heavy atom. The normalized spacial score (nSPS) is 11.5. The summed E-state index contributed by atoms with van der Waals surface area (Å²) >= 11 is 0. The summed E-state index contributed by atoms with van der Waals surface area (Å²) in [5.41, 5.74) is 0.926. The molecular weight excluding hydrogens is 218 g/mol. The van der Waals surface area contributed by atoms with Crippen LogP contribution in [-0.4, -0.2) is 18.6 Å². The van der Waals surface area contributed by atoms with Gasteiger partial charge in [-0.1, -0.05) is 13.8 Å². The van der Waals surface area contributed by atoms with Crippen molar-refractivity contribution in [2.45, 2.75) is 45.7 Å². The Labute approximate surface area is 102 Å². The first kappa shape index (κ1) is 13.8. The van der Waals surface area contributed by atoms with E-state index in [0.717, 1.165) is 18.4 Å². The monoisotopic (exact) mass is 239 g/mol. The minimum atomic E-state index is -0.429. The van der Waals surface area contributed by atoms with Gasteiger partial charge < -0.3 is 14.5 Å².